The highest BCUT2D eigenvalue weighted by atomic mass is 16.6. The van der Waals surface area contributed by atoms with E-state index in [4.69, 9.17) is 4.74 Å². The van der Waals surface area contributed by atoms with Crippen molar-refractivity contribution in [3.63, 3.8) is 0 Å². The second-order valence-electron chi connectivity index (χ2n) is 5.40. The smallest absolute Gasteiger partial charge is 0.412 e. The normalized spacial score (nSPS) is 11.2. The number of carbonyl (C=O) groups excluding carboxylic acids is 1. The third kappa shape index (κ3) is 4.10. The Hall–Kier alpha value is -1.51. The number of hydrogen-bond acceptors (Lipinski definition) is 2. The Labute approximate surface area is 103 Å². The summed E-state index contributed by atoms with van der Waals surface area (Å²) in [5, 5.41) is 2.80. The Morgan fingerprint density at radius 1 is 1.12 bits per heavy atom. The predicted octanol–water partition coefficient (Wildman–Crippen LogP) is 3.96. The van der Waals surface area contributed by atoms with Gasteiger partial charge < -0.3 is 4.74 Å². The molecule has 0 aromatic heterocycles. The maximum Gasteiger partial charge on any atom is 0.412 e. The Morgan fingerprint density at radius 3 is 2.00 bits per heavy atom. The molecular weight excluding hydrogens is 214 g/mol. The lowest BCUT2D eigenvalue weighted by molar-refractivity contribution is 0.0635. The first kappa shape index (κ1) is 13.6. The van der Waals surface area contributed by atoms with E-state index in [-0.39, 0.29) is 0 Å². The van der Waals surface area contributed by atoms with Crippen molar-refractivity contribution in [2.24, 2.45) is 0 Å². The number of rotatable bonds is 1. The number of carbonyl (C=O) groups is 1. The van der Waals surface area contributed by atoms with E-state index >= 15 is 0 Å². The summed E-state index contributed by atoms with van der Waals surface area (Å²) in [6.07, 6.45) is -0.410. The van der Waals surface area contributed by atoms with E-state index in [9.17, 15) is 4.79 Å². The first-order valence-corrected chi connectivity index (χ1v) is 5.77. The van der Waals surface area contributed by atoms with Crippen molar-refractivity contribution in [3.8, 4) is 0 Å². The first-order valence-electron chi connectivity index (χ1n) is 5.77. The Bertz CT molecular complexity index is 407. The fraction of sp³-hybridized carbons (Fsp3) is 0.500. The van der Waals surface area contributed by atoms with Gasteiger partial charge in [-0.25, -0.2) is 4.79 Å². The summed E-state index contributed by atoms with van der Waals surface area (Å²) in [5.74, 6) is 0. The van der Waals surface area contributed by atoms with E-state index in [0.29, 0.717) is 0 Å². The van der Waals surface area contributed by atoms with Gasteiger partial charge in [0.15, 0.2) is 0 Å². The fourth-order valence-electron chi connectivity index (χ4n) is 1.78. The highest BCUT2D eigenvalue weighted by Crippen LogP contribution is 2.22. The minimum absolute atomic E-state index is 0.410. The van der Waals surface area contributed by atoms with Crippen molar-refractivity contribution in [1.82, 2.24) is 0 Å². The largest absolute Gasteiger partial charge is 0.444 e. The minimum atomic E-state index is -0.476. The minimum Gasteiger partial charge on any atom is -0.444 e. The van der Waals surface area contributed by atoms with Crippen molar-refractivity contribution < 1.29 is 9.53 Å². The summed E-state index contributed by atoms with van der Waals surface area (Å²) in [4.78, 5) is 11.7. The maximum absolute atomic E-state index is 11.7. The molecule has 1 aromatic rings. The molecule has 17 heavy (non-hydrogen) atoms. The van der Waals surface area contributed by atoms with Gasteiger partial charge in [0.05, 0.1) is 0 Å². The zero-order valence-corrected chi connectivity index (χ0v) is 11.5. The third-order valence-electron chi connectivity index (χ3n) is 2.30. The van der Waals surface area contributed by atoms with Crippen molar-refractivity contribution >= 4 is 11.8 Å². The molecular formula is C14H21NO2. The molecule has 0 unspecified atom stereocenters. The number of nitrogens with one attached hydrogen (secondary N) is 1. The summed E-state index contributed by atoms with van der Waals surface area (Å²) in [7, 11) is 0. The lowest BCUT2D eigenvalue weighted by Crippen LogP contribution is -2.27. The molecule has 0 saturated carbocycles. The lowest BCUT2D eigenvalue weighted by atomic mass is 10.1. The van der Waals surface area contributed by atoms with Crippen LogP contribution in [0.25, 0.3) is 0 Å². The molecule has 0 aliphatic carbocycles. The van der Waals surface area contributed by atoms with Gasteiger partial charge >= 0.3 is 6.09 Å². The molecule has 0 radical (unpaired) electrons. The van der Waals surface area contributed by atoms with E-state index in [2.05, 4.69) is 5.32 Å². The van der Waals surface area contributed by atoms with Crippen molar-refractivity contribution in [2.45, 2.75) is 47.1 Å². The zero-order valence-electron chi connectivity index (χ0n) is 11.5. The Kier molecular flexibility index (Phi) is 3.81. The molecule has 0 atom stereocenters. The van der Waals surface area contributed by atoms with Gasteiger partial charge in [0.25, 0.3) is 0 Å². The second kappa shape index (κ2) is 4.78. The Morgan fingerprint density at radius 2 is 1.59 bits per heavy atom. The molecule has 0 aliphatic heterocycles. The quantitative estimate of drug-likeness (QED) is 0.800. The highest BCUT2D eigenvalue weighted by Gasteiger charge is 2.17. The van der Waals surface area contributed by atoms with Crippen LogP contribution < -0.4 is 5.32 Å². The number of anilines is 1. The van der Waals surface area contributed by atoms with Crippen LogP contribution >= 0.6 is 0 Å². The average molecular weight is 235 g/mol. The summed E-state index contributed by atoms with van der Waals surface area (Å²) in [6, 6.07) is 4.08. The van der Waals surface area contributed by atoms with Gasteiger partial charge in [0.2, 0.25) is 0 Å². The number of ether oxygens (including phenoxy) is 1. The molecule has 1 rings (SSSR count). The van der Waals surface area contributed by atoms with Crippen LogP contribution in [-0.2, 0) is 4.74 Å². The van der Waals surface area contributed by atoms with E-state index in [0.717, 1.165) is 16.8 Å². The topological polar surface area (TPSA) is 38.3 Å². The zero-order chi connectivity index (χ0) is 13.2. The molecule has 0 saturated heterocycles. The monoisotopic (exact) mass is 235 g/mol. The van der Waals surface area contributed by atoms with Crippen LogP contribution in [0.3, 0.4) is 0 Å². The molecule has 0 spiro atoms. The van der Waals surface area contributed by atoms with Crippen LogP contribution in [0.2, 0.25) is 0 Å². The van der Waals surface area contributed by atoms with Gasteiger partial charge in [-0.05, 0) is 52.7 Å². The molecule has 1 amide bonds. The average Bonchev–Trinajstić information content (AvgIpc) is 2.08. The standard InChI is InChI=1S/C14H21NO2/c1-9-7-10(2)12(11(3)8-9)15-13(16)17-14(4,5)6/h7-8H,1-6H3,(H,15,16). The first-order chi connectivity index (χ1) is 7.69. The number of amides is 1. The van der Waals surface area contributed by atoms with E-state index < -0.39 is 11.7 Å². The molecule has 1 aromatic carbocycles. The van der Waals surface area contributed by atoms with E-state index in [1.807, 2.05) is 53.7 Å². The number of aryl methyl sites for hydroxylation is 3. The van der Waals surface area contributed by atoms with Crippen molar-refractivity contribution in [3.05, 3.63) is 28.8 Å². The van der Waals surface area contributed by atoms with Gasteiger partial charge in [-0.1, -0.05) is 17.7 Å². The van der Waals surface area contributed by atoms with Crippen LogP contribution in [0.4, 0.5) is 10.5 Å². The molecule has 3 heteroatoms. The molecule has 0 heterocycles. The van der Waals surface area contributed by atoms with Gasteiger partial charge in [0, 0.05) is 5.69 Å². The third-order valence-corrected chi connectivity index (χ3v) is 2.30. The molecule has 94 valence electrons. The van der Waals surface area contributed by atoms with Crippen molar-refractivity contribution in [1.29, 1.82) is 0 Å². The van der Waals surface area contributed by atoms with Crippen LogP contribution in [0.15, 0.2) is 12.1 Å². The molecule has 3 nitrogen and oxygen atoms in total. The Balaban J connectivity index is 2.86. The van der Waals surface area contributed by atoms with Gasteiger partial charge in [-0.2, -0.15) is 0 Å². The van der Waals surface area contributed by atoms with Crippen LogP contribution in [0.1, 0.15) is 37.5 Å². The predicted molar refractivity (Wildman–Crippen MR) is 70.5 cm³/mol. The number of hydrogen-bond donors (Lipinski definition) is 1. The summed E-state index contributed by atoms with van der Waals surface area (Å²) >= 11 is 0. The molecule has 0 bridgehead atoms. The lowest BCUT2D eigenvalue weighted by Gasteiger charge is -2.21. The highest BCUT2D eigenvalue weighted by molar-refractivity contribution is 5.87. The fourth-order valence-corrected chi connectivity index (χ4v) is 1.78. The van der Waals surface area contributed by atoms with E-state index in [1.165, 1.54) is 5.56 Å². The summed E-state index contributed by atoms with van der Waals surface area (Å²) < 4.78 is 5.23. The van der Waals surface area contributed by atoms with Crippen LogP contribution in [0, 0.1) is 20.8 Å². The summed E-state index contributed by atoms with van der Waals surface area (Å²) in [5.41, 5.74) is 3.65. The van der Waals surface area contributed by atoms with E-state index in [1.54, 1.807) is 0 Å². The van der Waals surface area contributed by atoms with Crippen molar-refractivity contribution in [2.75, 3.05) is 5.32 Å². The van der Waals surface area contributed by atoms with Gasteiger partial charge in [-0.15, -0.1) is 0 Å². The SMILES string of the molecule is Cc1cc(C)c(NC(=O)OC(C)(C)C)c(C)c1. The van der Waals surface area contributed by atoms with Crippen LogP contribution in [0.5, 0.6) is 0 Å². The number of benzene rings is 1. The summed E-state index contributed by atoms with van der Waals surface area (Å²) in [6.45, 7) is 11.5. The molecule has 1 N–H and O–H groups in total. The molecule has 0 fully saturated rings. The molecule has 0 aliphatic rings. The maximum atomic E-state index is 11.7. The van der Waals surface area contributed by atoms with Crippen LogP contribution in [-0.4, -0.2) is 11.7 Å². The second-order valence-corrected chi connectivity index (χ2v) is 5.40. The van der Waals surface area contributed by atoms with Gasteiger partial charge in [0.1, 0.15) is 5.60 Å². The van der Waals surface area contributed by atoms with Gasteiger partial charge in [-0.3, -0.25) is 5.32 Å².